The molecule has 19 heavy (non-hydrogen) atoms. The Morgan fingerprint density at radius 1 is 1.05 bits per heavy atom. The molecule has 0 aliphatic rings. The molecule has 0 aliphatic carbocycles. The van der Waals surface area contributed by atoms with Gasteiger partial charge in [0.25, 0.3) is 0 Å². The summed E-state index contributed by atoms with van der Waals surface area (Å²) in [6.07, 6.45) is 0. The van der Waals surface area contributed by atoms with Crippen LogP contribution in [0.15, 0.2) is 12.1 Å². The van der Waals surface area contributed by atoms with E-state index >= 15 is 0 Å². The van der Waals surface area contributed by atoms with Gasteiger partial charge in [0.2, 0.25) is 0 Å². The molecule has 2 rings (SSSR count). The highest BCUT2D eigenvalue weighted by atomic mass is 35.5. The first-order valence-corrected chi connectivity index (χ1v) is 6.87. The maximum atomic E-state index is 6.15. The van der Waals surface area contributed by atoms with Gasteiger partial charge in [0, 0.05) is 22.4 Å². The Kier molecular flexibility index (Phi) is 3.95. The van der Waals surface area contributed by atoms with Crippen molar-refractivity contribution in [1.82, 2.24) is 9.97 Å². The smallest absolute Gasteiger partial charge is 0.146 e. The van der Waals surface area contributed by atoms with Crippen LogP contribution in [0.5, 0.6) is 5.75 Å². The van der Waals surface area contributed by atoms with Crippen molar-refractivity contribution in [1.29, 1.82) is 0 Å². The molecule has 0 atom stereocenters. The molecule has 0 radical (unpaired) electrons. The maximum absolute atomic E-state index is 6.15. The van der Waals surface area contributed by atoms with Crippen LogP contribution < -0.4 is 4.74 Å². The van der Waals surface area contributed by atoms with Crippen LogP contribution in [0.4, 0.5) is 0 Å². The van der Waals surface area contributed by atoms with E-state index in [0.29, 0.717) is 16.7 Å². The van der Waals surface area contributed by atoms with Crippen LogP contribution in [-0.2, 0) is 0 Å². The average Bonchev–Trinajstić information content (AvgIpc) is 2.36. The Morgan fingerprint density at radius 3 is 2.26 bits per heavy atom. The first kappa shape index (κ1) is 14.1. The Labute approximate surface area is 119 Å². The summed E-state index contributed by atoms with van der Waals surface area (Å²) >= 11 is 6.15. The number of aromatic nitrogens is 2. The molecule has 0 aliphatic heterocycles. The lowest BCUT2D eigenvalue weighted by Crippen LogP contribution is -2.05. The fourth-order valence-electron chi connectivity index (χ4n) is 2.06. The summed E-state index contributed by atoms with van der Waals surface area (Å²) < 4.78 is 5.40. The zero-order valence-corrected chi connectivity index (χ0v) is 12.7. The molecule has 2 aromatic rings. The summed E-state index contributed by atoms with van der Waals surface area (Å²) in [5.74, 6) is 2.14. The van der Waals surface area contributed by atoms with Crippen molar-refractivity contribution in [2.24, 2.45) is 0 Å². The maximum Gasteiger partial charge on any atom is 0.146 e. The van der Waals surface area contributed by atoms with Crippen LogP contribution >= 0.6 is 11.6 Å². The van der Waals surface area contributed by atoms with E-state index in [1.54, 1.807) is 13.2 Å². The number of ether oxygens (including phenoxy) is 1. The van der Waals surface area contributed by atoms with Gasteiger partial charge < -0.3 is 4.74 Å². The van der Waals surface area contributed by atoms with Crippen molar-refractivity contribution in [3.63, 3.8) is 0 Å². The zero-order valence-electron chi connectivity index (χ0n) is 12.0. The number of hydrogen-bond donors (Lipinski definition) is 0. The van der Waals surface area contributed by atoms with Gasteiger partial charge in [-0.2, -0.15) is 0 Å². The molecule has 1 aromatic carbocycles. The highest BCUT2D eigenvalue weighted by Gasteiger charge is 2.16. The van der Waals surface area contributed by atoms with Gasteiger partial charge in [-0.3, -0.25) is 0 Å². The third-order valence-electron chi connectivity index (χ3n) is 3.06. The quantitative estimate of drug-likeness (QED) is 0.827. The van der Waals surface area contributed by atoms with Gasteiger partial charge in [0.1, 0.15) is 17.1 Å². The topological polar surface area (TPSA) is 35.0 Å². The third-order valence-corrected chi connectivity index (χ3v) is 3.28. The van der Waals surface area contributed by atoms with Gasteiger partial charge in [-0.05, 0) is 12.0 Å². The van der Waals surface area contributed by atoms with Gasteiger partial charge in [-0.25, -0.2) is 9.97 Å². The van der Waals surface area contributed by atoms with Crippen LogP contribution in [-0.4, -0.2) is 17.1 Å². The second kappa shape index (κ2) is 5.33. The predicted octanol–water partition coefficient (Wildman–Crippen LogP) is 4.54. The monoisotopic (exact) mass is 278 g/mol. The van der Waals surface area contributed by atoms with E-state index in [1.807, 2.05) is 6.07 Å². The first-order chi connectivity index (χ1) is 8.93. The van der Waals surface area contributed by atoms with E-state index < -0.39 is 0 Å². The van der Waals surface area contributed by atoms with Crippen molar-refractivity contribution < 1.29 is 4.74 Å². The van der Waals surface area contributed by atoms with E-state index in [0.717, 1.165) is 22.4 Å². The molecule has 1 aromatic heterocycles. The molecule has 0 spiro atoms. The number of nitrogens with zero attached hydrogens (tertiary/aromatic N) is 2. The van der Waals surface area contributed by atoms with E-state index in [1.165, 1.54) is 0 Å². The van der Waals surface area contributed by atoms with Crippen molar-refractivity contribution in [2.75, 3.05) is 7.11 Å². The number of methoxy groups -OCH3 is 1. The molecule has 0 saturated heterocycles. The summed E-state index contributed by atoms with van der Waals surface area (Å²) in [6, 6.07) is 3.71. The molecule has 0 amide bonds. The molecule has 0 bridgehead atoms. The van der Waals surface area contributed by atoms with Gasteiger partial charge in [-0.1, -0.05) is 39.3 Å². The molecular weight excluding hydrogens is 260 g/mol. The summed E-state index contributed by atoms with van der Waals surface area (Å²) in [4.78, 5) is 9.33. The number of halogens is 1. The minimum absolute atomic E-state index is 0.280. The molecular formula is C15H19ClN2O. The predicted molar refractivity (Wildman–Crippen MR) is 79.3 cm³/mol. The van der Waals surface area contributed by atoms with Gasteiger partial charge in [-0.15, -0.1) is 0 Å². The van der Waals surface area contributed by atoms with Crippen LogP contribution in [0.3, 0.4) is 0 Å². The van der Waals surface area contributed by atoms with E-state index in [9.17, 15) is 0 Å². The summed E-state index contributed by atoms with van der Waals surface area (Å²) in [5.41, 5.74) is 1.86. The molecule has 0 unspecified atom stereocenters. The molecule has 102 valence electrons. The Hall–Kier alpha value is -1.35. The minimum atomic E-state index is 0.280. The highest BCUT2D eigenvalue weighted by molar-refractivity contribution is 6.31. The largest absolute Gasteiger partial charge is 0.494 e. The normalized spacial score (nSPS) is 11.6. The molecule has 0 N–H and O–H groups in total. The highest BCUT2D eigenvalue weighted by Crippen LogP contribution is 2.33. The average molecular weight is 279 g/mol. The standard InChI is InChI=1S/C15H19ClN2O/c1-8(2)13-11-6-10(16)7-12(19-5)14(11)18-15(17-13)9(3)4/h6-9H,1-5H3. The lowest BCUT2D eigenvalue weighted by Gasteiger charge is -2.15. The first-order valence-electron chi connectivity index (χ1n) is 6.49. The molecule has 1 heterocycles. The van der Waals surface area contributed by atoms with Gasteiger partial charge in [0.05, 0.1) is 12.8 Å². The van der Waals surface area contributed by atoms with Crippen LogP contribution in [0.2, 0.25) is 5.02 Å². The third kappa shape index (κ3) is 2.66. The molecule has 0 saturated carbocycles. The molecule has 0 fully saturated rings. The van der Waals surface area contributed by atoms with E-state index in [-0.39, 0.29) is 5.92 Å². The Balaban J connectivity index is 2.86. The number of benzene rings is 1. The van der Waals surface area contributed by atoms with Gasteiger partial charge in [0.15, 0.2) is 0 Å². The van der Waals surface area contributed by atoms with Crippen LogP contribution in [0.25, 0.3) is 10.9 Å². The fourth-order valence-corrected chi connectivity index (χ4v) is 2.27. The molecule has 4 heteroatoms. The zero-order chi connectivity index (χ0) is 14.2. The van der Waals surface area contributed by atoms with Crippen molar-refractivity contribution in [3.8, 4) is 5.75 Å². The van der Waals surface area contributed by atoms with Crippen LogP contribution in [0.1, 0.15) is 51.0 Å². The Bertz CT molecular complexity index is 609. The SMILES string of the molecule is COc1cc(Cl)cc2c(C(C)C)nc(C(C)C)nc12. The lowest BCUT2D eigenvalue weighted by molar-refractivity contribution is 0.418. The number of rotatable bonds is 3. The Morgan fingerprint density at radius 2 is 1.74 bits per heavy atom. The summed E-state index contributed by atoms with van der Waals surface area (Å²) in [6.45, 7) is 8.43. The number of fused-ring (bicyclic) bond motifs is 1. The number of hydrogen-bond acceptors (Lipinski definition) is 3. The summed E-state index contributed by atoms with van der Waals surface area (Å²) in [7, 11) is 1.64. The minimum Gasteiger partial charge on any atom is -0.494 e. The van der Waals surface area contributed by atoms with Crippen molar-refractivity contribution in [2.45, 2.75) is 39.5 Å². The van der Waals surface area contributed by atoms with E-state index in [2.05, 4.69) is 32.7 Å². The fraction of sp³-hybridized carbons (Fsp3) is 0.467. The van der Waals surface area contributed by atoms with Crippen molar-refractivity contribution >= 4 is 22.5 Å². The summed E-state index contributed by atoms with van der Waals surface area (Å²) in [5, 5.41) is 1.62. The van der Waals surface area contributed by atoms with Crippen LogP contribution in [0, 0.1) is 0 Å². The van der Waals surface area contributed by atoms with E-state index in [4.69, 9.17) is 21.3 Å². The second-order valence-corrected chi connectivity index (χ2v) is 5.72. The lowest BCUT2D eigenvalue weighted by atomic mass is 10.0. The second-order valence-electron chi connectivity index (χ2n) is 5.28. The van der Waals surface area contributed by atoms with Gasteiger partial charge >= 0.3 is 0 Å². The van der Waals surface area contributed by atoms with Crippen molar-refractivity contribution in [3.05, 3.63) is 28.7 Å². The molecule has 3 nitrogen and oxygen atoms in total.